The molecule has 7 nitrogen and oxygen atoms in total. The number of anilines is 2. The Morgan fingerprint density at radius 2 is 1.59 bits per heavy atom. The van der Waals surface area contributed by atoms with Crippen molar-refractivity contribution in [2.24, 2.45) is 11.8 Å². The molecular weight excluding hydrogens is 429 g/mol. The second-order valence-corrected chi connectivity index (χ2v) is 9.95. The lowest BCUT2D eigenvalue weighted by atomic mass is 9.82. The van der Waals surface area contributed by atoms with Gasteiger partial charge in [0, 0.05) is 25.5 Å². The van der Waals surface area contributed by atoms with E-state index in [0.29, 0.717) is 18.4 Å². The molecule has 0 saturated heterocycles. The summed E-state index contributed by atoms with van der Waals surface area (Å²) in [4.78, 5) is 8.88. The Labute approximate surface area is 187 Å². The number of sulfonamides is 1. The monoisotopic (exact) mass is 457 g/mol. The first-order valence-corrected chi connectivity index (χ1v) is 12.4. The predicted molar refractivity (Wildman–Crippen MR) is 125 cm³/mol. The van der Waals surface area contributed by atoms with Crippen molar-refractivity contribution in [3.63, 3.8) is 0 Å². The van der Waals surface area contributed by atoms with Crippen molar-refractivity contribution in [1.82, 2.24) is 14.7 Å². The zero-order valence-electron chi connectivity index (χ0n) is 18.0. The molecule has 0 unspecified atom stereocenters. The van der Waals surface area contributed by atoms with Crippen LogP contribution in [0.25, 0.3) is 10.9 Å². The molecule has 1 heterocycles. The quantitative estimate of drug-likeness (QED) is 0.473. The molecule has 0 aliphatic heterocycles. The van der Waals surface area contributed by atoms with E-state index in [1.54, 1.807) is 0 Å². The van der Waals surface area contributed by atoms with Crippen molar-refractivity contribution in [2.75, 3.05) is 30.8 Å². The highest BCUT2D eigenvalue weighted by atomic mass is 32.2. The Balaban J connectivity index is 1.27. The van der Waals surface area contributed by atoms with Crippen LogP contribution in [0.3, 0.4) is 0 Å². The number of halogens is 1. The van der Waals surface area contributed by atoms with E-state index in [1.165, 1.54) is 18.2 Å². The van der Waals surface area contributed by atoms with E-state index in [1.807, 2.05) is 31.3 Å². The molecule has 1 aliphatic rings. The van der Waals surface area contributed by atoms with Crippen LogP contribution in [0.4, 0.5) is 16.2 Å². The zero-order valence-corrected chi connectivity index (χ0v) is 18.8. The van der Waals surface area contributed by atoms with Gasteiger partial charge in [-0.15, -0.1) is 0 Å². The van der Waals surface area contributed by atoms with Gasteiger partial charge in [-0.2, -0.15) is 4.98 Å². The first-order chi connectivity index (χ1) is 15.5. The third kappa shape index (κ3) is 5.16. The maximum atomic E-state index is 13.8. The van der Waals surface area contributed by atoms with Gasteiger partial charge in [-0.25, -0.2) is 22.5 Å². The van der Waals surface area contributed by atoms with Gasteiger partial charge in [0.2, 0.25) is 16.0 Å². The summed E-state index contributed by atoms with van der Waals surface area (Å²) in [6.45, 7) is 1.10. The topological polar surface area (TPSA) is 96.0 Å². The summed E-state index contributed by atoms with van der Waals surface area (Å²) in [5.41, 5.74) is 0.889. The van der Waals surface area contributed by atoms with Crippen LogP contribution in [0.15, 0.2) is 53.4 Å². The van der Waals surface area contributed by atoms with Gasteiger partial charge in [-0.3, -0.25) is 0 Å². The van der Waals surface area contributed by atoms with E-state index >= 15 is 0 Å². The number of para-hydroxylation sites is 1. The maximum Gasteiger partial charge on any atom is 0.243 e. The molecule has 1 saturated carbocycles. The van der Waals surface area contributed by atoms with E-state index in [-0.39, 0.29) is 10.8 Å². The zero-order chi connectivity index (χ0) is 22.6. The highest BCUT2D eigenvalue weighted by Gasteiger charge is 2.24. The van der Waals surface area contributed by atoms with Crippen molar-refractivity contribution in [3.8, 4) is 0 Å². The van der Waals surface area contributed by atoms with Gasteiger partial charge in [0.15, 0.2) is 0 Å². The highest BCUT2D eigenvalue weighted by molar-refractivity contribution is 7.89. The number of aromatic nitrogens is 2. The molecule has 32 heavy (non-hydrogen) atoms. The SMILES string of the molecule is CNc1nc(NC[C@H]2CC[C@H](CNS(=O)(=O)c3ccccc3F)CC2)nc2ccccc12. The van der Waals surface area contributed by atoms with E-state index < -0.39 is 15.8 Å². The molecular formula is C23H28FN5O2S. The van der Waals surface area contributed by atoms with Crippen LogP contribution in [0.1, 0.15) is 25.7 Å². The van der Waals surface area contributed by atoms with Crippen molar-refractivity contribution in [2.45, 2.75) is 30.6 Å². The van der Waals surface area contributed by atoms with Gasteiger partial charge in [0.25, 0.3) is 0 Å². The average molecular weight is 458 g/mol. The molecule has 170 valence electrons. The molecule has 1 aromatic heterocycles. The standard InChI is InChI=1S/C23H28FN5O2S/c1-25-22-18-6-2-4-8-20(18)28-23(29-22)26-14-16-10-12-17(13-11-16)15-27-32(30,31)21-9-5-3-7-19(21)24/h2-9,16-17,27H,10-15H2,1H3,(H2,25,26,28,29)/t16-,17-. The lowest BCUT2D eigenvalue weighted by Crippen LogP contribution is -2.32. The van der Waals surface area contributed by atoms with Crippen molar-refractivity contribution in [1.29, 1.82) is 0 Å². The highest BCUT2D eigenvalue weighted by Crippen LogP contribution is 2.29. The number of fused-ring (bicyclic) bond motifs is 1. The summed E-state index contributed by atoms with van der Waals surface area (Å²) < 4.78 is 41.2. The molecule has 2 aromatic carbocycles. The Hall–Kier alpha value is -2.78. The van der Waals surface area contributed by atoms with Crippen LogP contribution in [-0.2, 0) is 10.0 Å². The fourth-order valence-corrected chi connectivity index (χ4v) is 5.38. The third-order valence-electron chi connectivity index (χ3n) is 6.04. The van der Waals surface area contributed by atoms with Crippen molar-refractivity contribution in [3.05, 3.63) is 54.3 Å². The van der Waals surface area contributed by atoms with Crippen LogP contribution >= 0.6 is 0 Å². The third-order valence-corrected chi connectivity index (χ3v) is 7.50. The Kier molecular flexibility index (Phi) is 6.86. The Morgan fingerprint density at radius 3 is 2.31 bits per heavy atom. The van der Waals surface area contributed by atoms with Gasteiger partial charge < -0.3 is 10.6 Å². The second-order valence-electron chi connectivity index (χ2n) is 8.21. The number of nitrogens with zero attached hydrogens (tertiary/aromatic N) is 2. The normalized spacial score (nSPS) is 19.1. The van der Waals surface area contributed by atoms with Crippen LogP contribution in [0, 0.1) is 17.7 Å². The molecule has 3 N–H and O–H groups in total. The first-order valence-electron chi connectivity index (χ1n) is 10.9. The number of benzene rings is 2. The lowest BCUT2D eigenvalue weighted by Gasteiger charge is -2.28. The smallest absolute Gasteiger partial charge is 0.243 e. The number of rotatable bonds is 8. The molecule has 4 rings (SSSR count). The van der Waals surface area contributed by atoms with Gasteiger partial charge in [0.05, 0.1) is 5.52 Å². The van der Waals surface area contributed by atoms with Gasteiger partial charge >= 0.3 is 0 Å². The number of nitrogens with one attached hydrogen (secondary N) is 3. The average Bonchev–Trinajstić information content (AvgIpc) is 2.81. The van der Waals surface area contributed by atoms with Crippen molar-refractivity contribution >= 4 is 32.7 Å². The molecule has 0 amide bonds. The molecule has 0 bridgehead atoms. The van der Waals surface area contributed by atoms with Crippen LogP contribution in [0.2, 0.25) is 0 Å². The molecule has 0 spiro atoms. The first kappa shape index (κ1) is 22.4. The Bertz CT molecular complexity index is 1180. The largest absolute Gasteiger partial charge is 0.372 e. The minimum absolute atomic E-state index is 0.251. The van der Waals surface area contributed by atoms with Gasteiger partial charge in [-0.05, 0) is 61.8 Å². The lowest BCUT2D eigenvalue weighted by molar-refractivity contribution is 0.284. The van der Waals surface area contributed by atoms with Crippen LogP contribution < -0.4 is 15.4 Å². The van der Waals surface area contributed by atoms with Gasteiger partial charge in [-0.1, -0.05) is 24.3 Å². The minimum Gasteiger partial charge on any atom is -0.372 e. The fraction of sp³-hybridized carbons (Fsp3) is 0.391. The van der Waals surface area contributed by atoms with E-state index in [4.69, 9.17) is 0 Å². The van der Waals surface area contributed by atoms with Gasteiger partial charge in [0.1, 0.15) is 16.5 Å². The summed E-state index contributed by atoms with van der Waals surface area (Å²) in [5.74, 6) is 1.40. The maximum absolute atomic E-state index is 13.8. The Morgan fingerprint density at radius 1 is 0.938 bits per heavy atom. The summed E-state index contributed by atoms with van der Waals surface area (Å²) in [6, 6.07) is 13.3. The molecule has 1 fully saturated rings. The predicted octanol–water partition coefficient (Wildman–Crippen LogP) is 4.01. The van der Waals surface area contributed by atoms with Crippen molar-refractivity contribution < 1.29 is 12.8 Å². The summed E-state index contributed by atoms with van der Waals surface area (Å²) in [5, 5.41) is 7.47. The van der Waals surface area contributed by atoms with Crippen LogP contribution in [-0.4, -0.2) is 38.5 Å². The van der Waals surface area contributed by atoms with E-state index in [2.05, 4.69) is 25.3 Å². The summed E-state index contributed by atoms with van der Waals surface area (Å²) in [7, 11) is -1.99. The molecule has 0 atom stereocenters. The molecule has 9 heteroatoms. The summed E-state index contributed by atoms with van der Waals surface area (Å²) in [6.07, 6.45) is 3.83. The number of hydrogen-bond donors (Lipinski definition) is 3. The van der Waals surface area contributed by atoms with E-state index in [9.17, 15) is 12.8 Å². The molecule has 1 aliphatic carbocycles. The summed E-state index contributed by atoms with van der Waals surface area (Å²) >= 11 is 0. The van der Waals surface area contributed by atoms with Crippen LogP contribution in [0.5, 0.6) is 0 Å². The van der Waals surface area contributed by atoms with E-state index in [0.717, 1.165) is 55.0 Å². The fourth-order valence-electron chi connectivity index (χ4n) is 4.19. The molecule has 0 radical (unpaired) electrons. The minimum atomic E-state index is -3.83. The molecule has 3 aromatic rings. The second kappa shape index (κ2) is 9.79. The number of hydrogen-bond acceptors (Lipinski definition) is 6.